The van der Waals surface area contributed by atoms with Crippen LogP contribution in [0.4, 0.5) is 0 Å². The maximum Gasteiger partial charge on any atom is 0.244 e. The van der Waals surface area contributed by atoms with Gasteiger partial charge in [0.1, 0.15) is 10.6 Å². The van der Waals surface area contributed by atoms with E-state index >= 15 is 0 Å². The molecule has 6 heteroatoms. The molecule has 0 saturated heterocycles. The average molecular weight is 312 g/mol. The summed E-state index contributed by atoms with van der Waals surface area (Å²) in [6.45, 7) is 8.54. The Bertz CT molecular complexity index is 637. The molecular formula is C15H24N2O3S. The van der Waals surface area contributed by atoms with Crippen LogP contribution in [-0.4, -0.2) is 21.6 Å². The molecule has 1 aliphatic rings. The molecule has 1 aliphatic carbocycles. The van der Waals surface area contributed by atoms with E-state index in [0.29, 0.717) is 5.75 Å². The summed E-state index contributed by atoms with van der Waals surface area (Å²) in [6, 6.07) is 4.88. The van der Waals surface area contributed by atoms with Crippen LogP contribution < -0.4 is 15.2 Å². The van der Waals surface area contributed by atoms with Gasteiger partial charge in [0.2, 0.25) is 10.0 Å². The maximum atomic E-state index is 12.7. The standard InChI is InChI=1S/C15H24N2O3S/c1-14(2)13(15(14,3)4)17-21(18,19)12-8-10(9-16)6-7-11(12)20-5/h6-8,13,17H,9,16H2,1-5H3. The highest BCUT2D eigenvalue weighted by Gasteiger charge is 2.66. The number of nitrogens with one attached hydrogen (secondary N) is 1. The van der Waals surface area contributed by atoms with Crippen molar-refractivity contribution in [1.82, 2.24) is 4.72 Å². The Labute approximate surface area is 126 Å². The molecule has 0 spiro atoms. The number of benzene rings is 1. The van der Waals surface area contributed by atoms with E-state index in [4.69, 9.17) is 10.5 Å². The summed E-state index contributed by atoms with van der Waals surface area (Å²) in [4.78, 5) is 0.145. The molecule has 0 aromatic heterocycles. The zero-order valence-corrected chi connectivity index (χ0v) is 14.0. The number of nitrogens with two attached hydrogens (primary N) is 1. The average Bonchev–Trinajstić information content (AvgIpc) is 2.80. The predicted molar refractivity (Wildman–Crippen MR) is 82.6 cm³/mol. The lowest BCUT2D eigenvalue weighted by Crippen LogP contribution is -2.30. The lowest BCUT2D eigenvalue weighted by atomic mass is 10.0. The van der Waals surface area contributed by atoms with Gasteiger partial charge in [-0.3, -0.25) is 0 Å². The number of rotatable bonds is 5. The summed E-state index contributed by atoms with van der Waals surface area (Å²) in [6.07, 6.45) is 0. The number of methoxy groups -OCH3 is 1. The molecule has 1 aromatic rings. The number of ether oxygens (including phenoxy) is 1. The van der Waals surface area contributed by atoms with Crippen molar-refractivity contribution >= 4 is 10.0 Å². The van der Waals surface area contributed by atoms with Crippen LogP contribution in [0.5, 0.6) is 5.75 Å². The van der Waals surface area contributed by atoms with Crippen LogP contribution in [0.2, 0.25) is 0 Å². The first-order valence-corrected chi connectivity index (χ1v) is 8.45. The van der Waals surface area contributed by atoms with Gasteiger partial charge in [-0.1, -0.05) is 33.8 Å². The lowest BCUT2D eigenvalue weighted by molar-refractivity contribution is 0.402. The molecule has 0 amide bonds. The van der Waals surface area contributed by atoms with Crippen molar-refractivity contribution in [3.63, 3.8) is 0 Å². The molecule has 0 heterocycles. The van der Waals surface area contributed by atoms with E-state index < -0.39 is 10.0 Å². The van der Waals surface area contributed by atoms with E-state index in [1.54, 1.807) is 18.2 Å². The van der Waals surface area contributed by atoms with Crippen molar-refractivity contribution in [3.05, 3.63) is 23.8 Å². The van der Waals surface area contributed by atoms with E-state index in [9.17, 15) is 8.42 Å². The molecule has 0 bridgehead atoms. The second-order valence-corrected chi connectivity index (χ2v) is 8.37. The maximum absolute atomic E-state index is 12.7. The number of sulfonamides is 1. The molecule has 3 N–H and O–H groups in total. The molecule has 0 aliphatic heterocycles. The first-order chi connectivity index (χ1) is 9.57. The summed E-state index contributed by atoms with van der Waals surface area (Å²) < 4.78 is 33.3. The van der Waals surface area contributed by atoms with E-state index in [2.05, 4.69) is 32.4 Å². The molecule has 1 saturated carbocycles. The molecule has 2 rings (SSSR count). The normalized spacial score (nSPS) is 20.3. The third-order valence-electron chi connectivity index (χ3n) is 5.05. The Kier molecular flexibility index (Phi) is 3.85. The lowest BCUT2D eigenvalue weighted by Gasteiger charge is -2.13. The highest BCUT2D eigenvalue weighted by atomic mass is 32.2. The third kappa shape index (κ3) is 2.56. The third-order valence-corrected chi connectivity index (χ3v) is 6.49. The van der Waals surface area contributed by atoms with Crippen LogP contribution in [0.3, 0.4) is 0 Å². The zero-order valence-electron chi connectivity index (χ0n) is 13.2. The minimum atomic E-state index is -3.65. The molecule has 118 valence electrons. The Morgan fingerprint density at radius 1 is 1.24 bits per heavy atom. The van der Waals surface area contributed by atoms with E-state index in [-0.39, 0.29) is 28.3 Å². The molecule has 5 nitrogen and oxygen atoms in total. The second kappa shape index (κ2) is 4.97. The molecule has 21 heavy (non-hydrogen) atoms. The van der Waals surface area contributed by atoms with Gasteiger partial charge >= 0.3 is 0 Å². The minimum Gasteiger partial charge on any atom is -0.495 e. The zero-order chi connectivity index (χ0) is 16.1. The first-order valence-electron chi connectivity index (χ1n) is 6.97. The summed E-state index contributed by atoms with van der Waals surface area (Å²) >= 11 is 0. The van der Waals surface area contributed by atoms with Gasteiger partial charge in [-0.05, 0) is 28.5 Å². The first kappa shape index (κ1) is 16.3. The second-order valence-electron chi connectivity index (χ2n) is 6.69. The minimum absolute atomic E-state index is 0.0707. The van der Waals surface area contributed by atoms with Crippen molar-refractivity contribution in [2.24, 2.45) is 16.6 Å². The van der Waals surface area contributed by atoms with E-state index in [1.807, 2.05) is 0 Å². The highest BCUT2D eigenvalue weighted by Crippen LogP contribution is 2.63. The van der Waals surface area contributed by atoms with Crippen LogP contribution in [0, 0.1) is 10.8 Å². The Hall–Kier alpha value is -1.11. The van der Waals surface area contributed by atoms with Gasteiger partial charge in [-0.25, -0.2) is 13.1 Å². The van der Waals surface area contributed by atoms with Gasteiger partial charge in [0, 0.05) is 12.6 Å². The summed E-state index contributed by atoms with van der Waals surface area (Å²) in [5, 5.41) is 0. The van der Waals surface area contributed by atoms with E-state index in [1.165, 1.54) is 7.11 Å². The number of hydrogen-bond donors (Lipinski definition) is 2. The van der Waals surface area contributed by atoms with Crippen LogP contribution in [0.25, 0.3) is 0 Å². The fraction of sp³-hybridized carbons (Fsp3) is 0.600. The molecule has 0 unspecified atom stereocenters. The van der Waals surface area contributed by atoms with Crippen LogP contribution in [0.1, 0.15) is 33.3 Å². The molecule has 0 atom stereocenters. The van der Waals surface area contributed by atoms with Crippen molar-refractivity contribution < 1.29 is 13.2 Å². The fourth-order valence-corrected chi connectivity index (χ4v) is 4.52. The fourth-order valence-electron chi connectivity index (χ4n) is 2.77. The SMILES string of the molecule is COc1ccc(CN)cc1S(=O)(=O)NC1C(C)(C)C1(C)C. The van der Waals surface area contributed by atoms with Gasteiger partial charge < -0.3 is 10.5 Å². The van der Waals surface area contributed by atoms with Gasteiger partial charge in [-0.15, -0.1) is 0 Å². The smallest absolute Gasteiger partial charge is 0.244 e. The van der Waals surface area contributed by atoms with Crippen LogP contribution in [-0.2, 0) is 16.6 Å². The summed E-state index contributed by atoms with van der Waals surface area (Å²) in [5.74, 6) is 0.330. The van der Waals surface area contributed by atoms with Crippen molar-refractivity contribution in [2.75, 3.05) is 7.11 Å². The Morgan fingerprint density at radius 2 is 1.81 bits per heavy atom. The van der Waals surface area contributed by atoms with Crippen LogP contribution >= 0.6 is 0 Å². The Balaban J connectivity index is 2.37. The number of hydrogen-bond acceptors (Lipinski definition) is 4. The molecule has 0 radical (unpaired) electrons. The van der Waals surface area contributed by atoms with Gasteiger partial charge in [-0.2, -0.15) is 0 Å². The van der Waals surface area contributed by atoms with Gasteiger partial charge in [0.15, 0.2) is 0 Å². The van der Waals surface area contributed by atoms with E-state index in [0.717, 1.165) is 5.56 Å². The summed E-state index contributed by atoms with van der Waals surface area (Å²) in [7, 11) is -2.19. The molecular weight excluding hydrogens is 288 g/mol. The van der Waals surface area contributed by atoms with Crippen molar-refractivity contribution in [3.8, 4) is 5.75 Å². The van der Waals surface area contributed by atoms with Gasteiger partial charge in [0.05, 0.1) is 7.11 Å². The topological polar surface area (TPSA) is 81.4 Å². The van der Waals surface area contributed by atoms with Gasteiger partial charge in [0.25, 0.3) is 0 Å². The monoisotopic (exact) mass is 312 g/mol. The van der Waals surface area contributed by atoms with Crippen molar-refractivity contribution in [1.29, 1.82) is 0 Å². The summed E-state index contributed by atoms with van der Waals surface area (Å²) in [5.41, 5.74) is 6.21. The largest absolute Gasteiger partial charge is 0.495 e. The predicted octanol–water partition coefficient (Wildman–Crippen LogP) is 1.87. The Morgan fingerprint density at radius 3 is 2.24 bits per heavy atom. The van der Waals surface area contributed by atoms with Crippen molar-refractivity contribution in [2.45, 2.75) is 45.2 Å². The quantitative estimate of drug-likeness (QED) is 0.869. The molecule has 1 aromatic carbocycles. The highest BCUT2D eigenvalue weighted by molar-refractivity contribution is 7.89. The van der Waals surface area contributed by atoms with Crippen LogP contribution in [0.15, 0.2) is 23.1 Å². The molecule has 1 fully saturated rings.